The molecule has 1 aromatic carbocycles. The predicted octanol–water partition coefficient (Wildman–Crippen LogP) is 3.33. The van der Waals surface area contributed by atoms with Gasteiger partial charge in [-0.1, -0.05) is 49.9 Å². The van der Waals surface area contributed by atoms with Crippen molar-refractivity contribution in [3.05, 3.63) is 59.5 Å². The Bertz CT molecular complexity index is 841. The van der Waals surface area contributed by atoms with Crippen molar-refractivity contribution in [1.82, 2.24) is 15.5 Å². The molecular weight excluding hydrogens is 378 g/mol. The van der Waals surface area contributed by atoms with E-state index >= 15 is 0 Å². The number of benzene rings is 1. The Morgan fingerprint density at radius 1 is 1.00 bits per heavy atom. The van der Waals surface area contributed by atoms with Crippen LogP contribution in [-0.4, -0.2) is 35.8 Å². The fourth-order valence-electron chi connectivity index (χ4n) is 4.62. The molecule has 6 heteroatoms. The molecule has 2 N–H and O–H groups in total. The fourth-order valence-corrected chi connectivity index (χ4v) is 4.62. The minimum Gasteiger partial charge on any atom is -0.468 e. The lowest BCUT2D eigenvalue weighted by atomic mass is 9.98. The molecular formula is C24H31N3O3. The van der Waals surface area contributed by atoms with Crippen LogP contribution in [0.25, 0.3) is 0 Å². The normalized spacial score (nSPS) is 18.8. The van der Waals surface area contributed by atoms with Gasteiger partial charge in [-0.3, -0.25) is 14.5 Å². The van der Waals surface area contributed by atoms with Crippen LogP contribution in [0.4, 0.5) is 0 Å². The summed E-state index contributed by atoms with van der Waals surface area (Å²) in [6, 6.07) is 12.3. The van der Waals surface area contributed by atoms with E-state index in [9.17, 15) is 9.59 Å². The highest BCUT2D eigenvalue weighted by Gasteiger charge is 2.28. The molecule has 2 amide bonds. The van der Waals surface area contributed by atoms with Crippen LogP contribution in [0.5, 0.6) is 0 Å². The summed E-state index contributed by atoms with van der Waals surface area (Å²) in [6.45, 7) is 2.02. The summed E-state index contributed by atoms with van der Waals surface area (Å²) in [5, 5.41) is 5.77. The largest absolute Gasteiger partial charge is 0.468 e. The maximum Gasteiger partial charge on any atom is 0.309 e. The number of hydrogen-bond acceptors (Lipinski definition) is 4. The molecule has 30 heavy (non-hydrogen) atoms. The lowest BCUT2D eigenvalue weighted by Crippen LogP contribution is -2.47. The second kappa shape index (κ2) is 9.94. The van der Waals surface area contributed by atoms with E-state index < -0.39 is 11.8 Å². The Kier molecular flexibility index (Phi) is 6.84. The number of furan rings is 1. The monoisotopic (exact) mass is 409 g/mol. The third-order valence-electron chi connectivity index (χ3n) is 6.33. The van der Waals surface area contributed by atoms with Crippen LogP contribution < -0.4 is 10.6 Å². The first-order chi connectivity index (χ1) is 14.7. The minimum atomic E-state index is -0.562. The summed E-state index contributed by atoms with van der Waals surface area (Å²) in [5.41, 5.74) is 2.68. The van der Waals surface area contributed by atoms with Crippen molar-refractivity contribution in [3.8, 4) is 0 Å². The standard InChI is InChI=1S/C24H31N3O3/c28-23(24(29)26-20-10-3-1-2-4-11-20)25-16-21(22-12-7-15-30-22)27-14-13-18-8-5-6-9-19(18)17-27/h5-9,12,15,20-21H,1-4,10-11,13-14,16-17H2,(H,25,28)(H,26,29). The summed E-state index contributed by atoms with van der Waals surface area (Å²) in [6.07, 6.45) is 9.19. The number of nitrogens with zero attached hydrogens (tertiary/aromatic N) is 1. The number of nitrogens with one attached hydrogen (secondary N) is 2. The van der Waals surface area contributed by atoms with Crippen LogP contribution in [0.1, 0.15) is 61.5 Å². The van der Waals surface area contributed by atoms with Gasteiger partial charge in [0.05, 0.1) is 12.3 Å². The van der Waals surface area contributed by atoms with Crippen LogP contribution in [0, 0.1) is 0 Å². The molecule has 4 rings (SSSR count). The number of carbonyl (C=O) groups is 2. The summed E-state index contributed by atoms with van der Waals surface area (Å²) in [5.74, 6) is -0.281. The minimum absolute atomic E-state index is 0.108. The van der Waals surface area contributed by atoms with Gasteiger partial charge in [0.1, 0.15) is 5.76 Å². The molecule has 1 atom stereocenters. The van der Waals surface area contributed by atoms with Crippen molar-refractivity contribution in [2.75, 3.05) is 13.1 Å². The third-order valence-corrected chi connectivity index (χ3v) is 6.33. The summed E-state index contributed by atoms with van der Waals surface area (Å²) in [4.78, 5) is 27.2. The van der Waals surface area contributed by atoms with Gasteiger partial charge in [0.2, 0.25) is 0 Å². The highest BCUT2D eigenvalue weighted by Crippen LogP contribution is 2.28. The maximum absolute atomic E-state index is 12.5. The molecule has 1 aliphatic heterocycles. The molecule has 0 saturated heterocycles. The van der Waals surface area contributed by atoms with Crippen molar-refractivity contribution >= 4 is 11.8 Å². The topological polar surface area (TPSA) is 74.6 Å². The average Bonchev–Trinajstić information content (AvgIpc) is 3.18. The molecule has 2 aromatic rings. The first-order valence-corrected chi connectivity index (χ1v) is 11.1. The average molecular weight is 410 g/mol. The number of carbonyl (C=O) groups excluding carboxylic acids is 2. The van der Waals surface area contributed by atoms with E-state index in [4.69, 9.17) is 4.42 Å². The van der Waals surface area contributed by atoms with E-state index in [0.717, 1.165) is 51.0 Å². The molecule has 160 valence electrons. The van der Waals surface area contributed by atoms with Gasteiger partial charge in [-0.05, 0) is 42.5 Å². The Morgan fingerprint density at radius 2 is 1.77 bits per heavy atom. The van der Waals surface area contributed by atoms with E-state index in [1.54, 1.807) is 6.26 Å². The van der Waals surface area contributed by atoms with E-state index in [1.165, 1.54) is 24.0 Å². The van der Waals surface area contributed by atoms with Gasteiger partial charge in [0.15, 0.2) is 0 Å². The van der Waals surface area contributed by atoms with E-state index in [0.29, 0.717) is 6.54 Å². The zero-order chi connectivity index (χ0) is 20.8. The van der Waals surface area contributed by atoms with Crippen molar-refractivity contribution in [2.24, 2.45) is 0 Å². The van der Waals surface area contributed by atoms with Crippen LogP contribution >= 0.6 is 0 Å². The van der Waals surface area contributed by atoms with Gasteiger partial charge in [-0.15, -0.1) is 0 Å². The number of rotatable bonds is 5. The Hall–Kier alpha value is -2.60. The van der Waals surface area contributed by atoms with Gasteiger partial charge in [-0.25, -0.2) is 0 Å². The zero-order valence-corrected chi connectivity index (χ0v) is 17.4. The van der Waals surface area contributed by atoms with E-state index in [1.807, 2.05) is 12.1 Å². The van der Waals surface area contributed by atoms with Gasteiger partial charge < -0.3 is 15.1 Å². The maximum atomic E-state index is 12.5. The number of fused-ring (bicyclic) bond motifs is 1. The molecule has 0 bridgehead atoms. The van der Waals surface area contributed by atoms with E-state index in [2.05, 4.69) is 39.8 Å². The molecule has 2 heterocycles. The summed E-state index contributed by atoms with van der Waals surface area (Å²) >= 11 is 0. The quantitative estimate of drug-likeness (QED) is 0.587. The smallest absolute Gasteiger partial charge is 0.309 e. The zero-order valence-electron chi connectivity index (χ0n) is 17.4. The third kappa shape index (κ3) is 5.11. The first kappa shape index (κ1) is 20.7. The summed E-state index contributed by atoms with van der Waals surface area (Å²) < 4.78 is 5.67. The van der Waals surface area contributed by atoms with Crippen LogP contribution in [-0.2, 0) is 22.6 Å². The molecule has 2 aliphatic rings. The van der Waals surface area contributed by atoms with Gasteiger partial charge in [0.25, 0.3) is 0 Å². The van der Waals surface area contributed by atoms with Crippen LogP contribution in [0.15, 0.2) is 47.1 Å². The molecule has 1 fully saturated rings. The molecule has 0 spiro atoms. The van der Waals surface area contributed by atoms with Gasteiger partial charge >= 0.3 is 11.8 Å². The molecule has 0 radical (unpaired) electrons. The second-order valence-corrected chi connectivity index (χ2v) is 8.39. The predicted molar refractivity (Wildman–Crippen MR) is 115 cm³/mol. The van der Waals surface area contributed by atoms with Crippen LogP contribution in [0.3, 0.4) is 0 Å². The number of amides is 2. The fraction of sp³-hybridized carbons (Fsp3) is 0.500. The van der Waals surface area contributed by atoms with Gasteiger partial charge in [0, 0.05) is 25.7 Å². The van der Waals surface area contributed by atoms with Crippen molar-refractivity contribution in [1.29, 1.82) is 0 Å². The van der Waals surface area contributed by atoms with Crippen molar-refractivity contribution in [3.63, 3.8) is 0 Å². The Balaban J connectivity index is 1.37. The highest BCUT2D eigenvalue weighted by molar-refractivity contribution is 6.35. The lowest BCUT2D eigenvalue weighted by molar-refractivity contribution is -0.139. The van der Waals surface area contributed by atoms with Crippen molar-refractivity contribution < 1.29 is 14.0 Å². The van der Waals surface area contributed by atoms with Crippen LogP contribution in [0.2, 0.25) is 0 Å². The molecule has 1 aliphatic carbocycles. The van der Waals surface area contributed by atoms with E-state index in [-0.39, 0.29) is 12.1 Å². The Morgan fingerprint density at radius 3 is 2.50 bits per heavy atom. The van der Waals surface area contributed by atoms with Gasteiger partial charge in [-0.2, -0.15) is 0 Å². The molecule has 1 aromatic heterocycles. The van der Waals surface area contributed by atoms with Crippen molar-refractivity contribution in [2.45, 2.75) is 63.6 Å². The SMILES string of the molecule is O=C(NCC(c1ccco1)N1CCc2ccccc2C1)C(=O)NC1CCCCCC1. The highest BCUT2D eigenvalue weighted by atomic mass is 16.3. The molecule has 1 unspecified atom stereocenters. The Labute approximate surface area is 178 Å². The first-order valence-electron chi connectivity index (χ1n) is 11.1. The lowest BCUT2D eigenvalue weighted by Gasteiger charge is -2.34. The second-order valence-electron chi connectivity index (χ2n) is 8.39. The summed E-state index contributed by atoms with van der Waals surface area (Å²) in [7, 11) is 0. The molecule has 1 saturated carbocycles. The number of hydrogen-bond donors (Lipinski definition) is 2. The molecule has 6 nitrogen and oxygen atoms in total.